The Labute approximate surface area is 107 Å². The first-order chi connectivity index (χ1) is 8.35. The molecule has 18 heavy (non-hydrogen) atoms. The molecule has 98 valence electrons. The fourth-order valence-corrected chi connectivity index (χ4v) is 4.29. The van der Waals surface area contributed by atoms with Gasteiger partial charge < -0.3 is 5.11 Å². The first-order valence-electron chi connectivity index (χ1n) is 5.84. The van der Waals surface area contributed by atoms with Crippen LogP contribution in [0.15, 0.2) is 24.3 Å². The summed E-state index contributed by atoms with van der Waals surface area (Å²) >= 11 is 0. The van der Waals surface area contributed by atoms with Gasteiger partial charge in [-0.05, 0) is 18.9 Å². The SMILES string of the molecule is CC(O)(c1ccc(C=O)cc1)C1CCS(=O)(=O)C1. The lowest BCUT2D eigenvalue weighted by Gasteiger charge is -2.29. The molecule has 2 rings (SSSR count). The third kappa shape index (κ3) is 2.47. The average Bonchev–Trinajstić information content (AvgIpc) is 2.70. The van der Waals surface area contributed by atoms with Crippen LogP contribution in [-0.4, -0.2) is 31.3 Å². The summed E-state index contributed by atoms with van der Waals surface area (Å²) in [5.74, 6) is -0.125. The second kappa shape index (κ2) is 4.48. The minimum Gasteiger partial charge on any atom is -0.385 e. The number of carbonyl (C=O) groups is 1. The molecule has 0 radical (unpaired) electrons. The van der Waals surface area contributed by atoms with Gasteiger partial charge >= 0.3 is 0 Å². The van der Waals surface area contributed by atoms with Crippen LogP contribution in [0.3, 0.4) is 0 Å². The van der Waals surface area contributed by atoms with E-state index in [1.807, 2.05) is 0 Å². The third-order valence-electron chi connectivity index (χ3n) is 3.66. The van der Waals surface area contributed by atoms with E-state index in [0.29, 0.717) is 17.5 Å². The summed E-state index contributed by atoms with van der Waals surface area (Å²) in [4.78, 5) is 10.6. The molecule has 0 aromatic heterocycles. The van der Waals surface area contributed by atoms with Crippen molar-refractivity contribution in [2.45, 2.75) is 18.9 Å². The molecule has 1 fully saturated rings. The molecule has 1 aliphatic rings. The molecule has 0 bridgehead atoms. The first-order valence-corrected chi connectivity index (χ1v) is 7.66. The quantitative estimate of drug-likeness (QED) is 0.834. The van der Waals surface area contributed by atoms with Crippen molar-refractivity contribution in [2.24, 2.45) is 5.92 Å². The van der Waals surface area contributed by atoms with Crippen LogP contribution in [0.25, 0.3) is 0 Å². The van der Waals surface area contributed by atoms with Crippen LogP contribution >= 0.6 is 0 Å². The number of hydrogen-bond acceptors (Lipinski definition) is 4. The fraction of sp³-hybridized carbons (Fsp3) is 0.462. The lowest BCUT2D eigenvalue weighted by molar-refractivity contribution is 0.00451. The maximum absolute atomic E-state index is 11.5. The highest BCUT2D eigenvalue weighted by atomic mass is 32.2. The summed E-state index contributed by atoms with van der Waals surface area (Å²) in [6, 6.07) is 6.60. The Balaban J connectivity index is 2.27. The van der Waals surface area contributed by atoms with Gasteiger partial charge in [0.2, 0.25) is 0 Å². The van der Waals surface area contributed by atoms with E-state index in [4.69, 9.17) is 0 Å². The number of sulfone groups is 1. The molecule has 4 nitrogen and oxygen atoms in total. The fourth-order valence-electron chi connectivity index (χ4n) is 2.37. The van der Waals surface area contributed by atoms with Gasteiger partial charge in [0, 0.05) is 11.5 Å². The summed E-state index contributed by atoms with van der Waals surface area (Å²) in [7, 11) is -3.02. The predicted octanol–water partition coefficient (Wildman–Crippen LogP) is 1.14. The second-order valence-electron chi connectivity index (χ2n) is 4.99. The summed E-state index contributed by atoms with van der Waals surface area (Å²) in [6.45, 7) is 1.63. The minimum absolute atomic E-state index is 0.0232. The molecular weight excluding hydrogens is 252 g/mol. The van der Waals surface area contributed by atoms with Gasteiger partial charge in [-0.2, -0.15) is 0 Å². The van der Waals surface area contributed by atoms with Gasteiger partial charge in [-0.25, -0.2) is 8.42 Å². The van der Waals surface area contributed by atoms with E-state index in [1.165, 1.54) is 0 Å². The molecule has 1 N–H and O–H groups in total. The van der Waals surface area contributed by atoms with Crippen molar-refractivity contribution in [1.82, 2.24) is 0 Å². The molecule has 2 atom stereocenters. The van der Waals surface area contributed by atoms with Crippen LogP contribution in [0.1, 0.15) is 29.3 Å². The molecule has 1 aromatic rings. The zero-order valence-corrected chi connectivity index (χ0v) is 11.0. The Morgan fingerprint density at radius 2 is 1.94 bits per heavy atom. The number of benzene rings is 1. The maximum atomic E-state index is 11.5. The molecule has 0 spiro atoms. The monoisotopic (exact) mass is 268 g/mol. The summed E-state index contributed by atoms with van der Waals surface area (Å²) < 4.78 is 22.9. The van der Waals surface area contributed by atoms with Gasteiger partial charge in [0.05, 0.1) is 17.1 Å². The predicted molar refractivity (Wildman–Crippen MR) is 68.2 cm³/mol. The number of aliphatic hydroxyl groups is 1. The Bertz CT molecular complexity index is 543. The zero-order chi connectivity index (χ0) is 13.4. The van der Waals surface area contributed by atoms with Crippen LogP contribution in [0.2, 0.25) is 0 Å². The molecule has 1 saturated heterocycles. The summed E-state index contributed by atoms with van der Waals surface area (Å²) in [5, 5.41) is 10.5. The first kappa shape index (κ1) is 13.2. The highest BCUT2D eigenvalue weighted by molar-refractivity contribution is 7.91. The van der Waals surface area contributed by atoms with Crippen molar-refractivity contribution in [2.75, 3.05) is 11.5 Å². The molecule has 1 aliphatic heterocycles. The van der Waals surface area contributed by atoms with Crippen molar-refractivity contribution in [1.29, 1.82) is 0 Å². The number of rotatable bonds is 3. The zero-order valence-electron chi connectivity index (χ0n) is 10.2. The number of hydrogen-bond donors (Lipinski definition) is 1. The third-order valence-corrected chi connectivity index (χ3v) is 5.43. The Morgan fingerprint density at radius 1 is 1.33 bits per heavy atom. The molecule has 2 unspecified atom stereocenters. The second-order valence-corrected chi connectivity index (χ2v) is 7.22. The highest BCUT2D eigenvalue weighted by Gasteiger charge is 2.41. The van der Waals surface area contributed by atoms with Crippen molar-refractivity contribution in [3.63, 3.8) is 0 Å². The van der Waals surface area contributed by atoms with Crippen molar-refractivity contribution in [3.05, 3.63) is 35.4 Å². The van der Waals surface area contributed by atoms with E-state index in [9.17, 15) is 18.3 Å². The van der Waals surface area contributed by atoms with Crippen molar-refractivity contribution in [3.8, 4) is 0 Å². The lowest BCUT2D eigenvalue weighted by atomic mass is 9.82. The number of aldehydes is 1. The molecule has 1 aromatic carbocycles. The van der Waals surface area contributed by atoms with Crippen LogP contribution in [0.5, 0.6) is 0 Å². The van der Waals surface area contributed by atoms with Crippen molar-refractivity contribution >= 4 is 16.1 Å². The topological polar surface area (TPSA) is 71.4 Å². The Morgan fingerprint density at radius 3 is 2.39 bits per heavy atom. The van der Waals surface area contributed by atoms with Crippen LogP contribution < -0.4 is 0 Å². The largest absolute Gasteiger partial charge is 0.385 e. The highest BCUT2D eigenvalue weighted by Crippen LogP contribution is 2.36. The smallest absolute Gasteiger partial charge is 0.150 e. The van der Waals surface area contributed by atoms with Crippen LogP contribution in [0.4, 0.5) is 0 Å². The van der Waals surface area contributed by atoms with Gasteiger partial charge in [-0.1, -0.05) is 24.3 Å². The van der Waals surface area contributed by atoms with Crippen molar-refractivity contribution < 1.29 is 18.3 Å². The molecule has 5 heteroatoms. The molecule has 0 amide bonds. The number of carbonyl (C=O) groups excluding carboxylic acids is 1. The molecular formula is C13H16O4S. The van der Waals surface area contributed by atoms with Gasteiger partial charge in [-0.3, -0.25) is 4.79 Å². The van der Waals surface area contributed by atoms with Gasteiger partial charge in [0.25, 0.3) is 0 Å². The van der Waals surface area contributed by atoms with E-state index in [0.717, 1.165) is 6.29 Å². The molecule has 0 aliphatic carbocycles. The van der Waals surface area contributed by atoms with E-state index in [-0.39, 0.29) is 17.4 Å². The Kier molecular flexibility index (Phi) is 3.29. The Hall–Kier alpha value is -1.20. The van der Waals surface area contributed by atoms with E-state index < -0.39 is 15.4 Å². The van der Waals surface area contributed by atoms with Gasteiger partial charge in [-0.15, -0.1) is 0 Å². The standard InChI is InChI=1S/C13H16O4S/c1-13(15,12-6-7-18(16,17)9-12)11-4-2-10(8-14)3-5-11/h2-5,8,12,15H,6-7,9H2,1H3. The average molecular weight is 268 g/mol. The van der Waals surface area contributed by atoms with Crippen LogP contribution in [-0.2, 0) is 15.4 Å². The van der Waals surface area contributed by atoms with E-state index in [1.54, 1.807) is 31.2 Å². The summed E-state index contributed by atoms with van der Waals surface area (Å²) in [6.07, 6.45) is 1.21. The summed E-state index contributed by atoms with van der Waals surface area (Å²) in [5.41, 5.74) is 0.00846. The molecule has 0 saturated carbocycles. The van der Waals surface area contributed by atoms with Crippen LogP contribution in [0, 0.1) is 5.92 Å². The minimum atomic E-state index is -3.02. The maximum Gasteiger partial charge on any atom is 0.150 e. The van der Waals surface area contributed by atoms with E-state index >= 15 is 0 Å². The van der Waals surface area contributed by atoms with Gasteiger partial charge in [0.15, 0.2) is 9.84 Å². The molecule has 1 heterocycles. The lowest BCUT2D eigenvalue weighted by Crippen LogP contribution is -2.32. The van der Waals surface area contributed by atoms with Gasteiger partial charge in [0.1, 0.15) is 6.29 Å². The van der Waals surface area contributed by atoms with E-state index in [2.05, 4.69) is 0 Å². The normalized spacial score (nSPS) is 25.6.